The summed E-state index contributed by atoms with van der Waals surface area (Å²) < 4.78 is 7.46. The first kappa shape index (κ1) is 17.8. The summed E-state index contributed by atoms with van der Waals surface area (Å²) >= 11 is 0. The largest absolute Gasteiger partial charge is 0.450 e. The summed E-state index contributed by atoms with van der Waals surface area (Å²) in [7, 11) is 0. The molecule has 1 spiro atoms. The summed E-state index contributed by atoms with van der Waals surface area (Å²) in [6, 6.07) is 0.712. The Bertz CT molecular complexity index is 630. The highest BCUT2D eigenvalue weighted by Gasteiger charge is 2.51. The van der Waals surface area contributed by atoms with Crippen molar-refractivity contribution in [3.8, 4) is 0 Å². The number of hydrogen-bond acceptors (Lipinski definition) is 4. The number of nitrogens with zero attached hydrogens (tertiary/aromatic N) is 4. The fraction of sp³-hybridized carbons (Fsp3) is 0.800. The van der Waals surface area contributed by atoms with Gasteiger partial charge in [-0.05, 0) is 64.5 Å². The molecular formula is C20H32N4O2. The summed E-state index contributed by atoms with van der Waals surface area (Å²) in [5.74, 6) is 1.89. The molecule has 3 aliphatic rings. The molecule has 3 fully saturated rings. The van der Waals surface area contributed by atoms with Gasteiger partial charge in [0, 0.05) is 44.0 Å². The molecule has 1 amide bonds. The molecule has 2 saturated heterocycles. The van der Waals surface area contributed by atoms with Gasteiger partial charge < -0.3 is 19.1 Å². The molecule has 1 saturated carbocycles. The quantitative estimate of drug-likeness (QED) is 0.828. The van der Waals surface area contributed by atoms with Crippen molar-refractivity contribution < 1.29 is 9.53 Å². The van der Waals surface area contributed by atoms with Crippen LogP contribution in [0.1, 0.15) is 57.7 Å². The van der Waals surface area contributed by atoms with E-state index in [9.17, 15) is 4.79 Å². The second kappa shape index (κ2) is 7.22. The average Bonchev–Trinajstić information content (AvgIpc) is 3.28. The maximum Gasteiger partial charge on any atom is 0.409 e. The van der Waals surface area contributed by atoms with Gasteiger partial charge >= 0.3 is 6.09 Å². The van der Waals surface area contributed by atoms with Crippen molar-refractivity contribution in [2.75, 3.05) is 32.8 Å². The van der Waals surface area contributed by atoms with Gasteiger partial charge in [-0.15, -0.1) is 0 Å². The van der Waals surface area contributed by atoms with Crippen molar-refractivity contribution in [2.24, 2.45) is 5.41 Å². The van der Waals surface area contributed by atoms with Crippen LogP contribution in [-0.2, 0) is 11.3 Å². The van der Waals surface area contributed by atoms with Gasteiger partial charge in [0.1, 0.15) is 5.82 Å². The Balaban J connectivity index is 1.25. The average molecular weight is 361 g/mol. The zero-order valence-corrected chi connectivity index (χ0v) is 16.2. The normalized spacial score (nSPS) is 29.9. The Labute approximate surface area is 156 Å². The van der Waals surface area contributed by atoms with Crippen LogP contribution < -0.4 is 0 Å². The maximum absolute atomic E-state index is 11.9. The monoisotopic (exact) mass is 360 g/mol. The first-order valence-electron chi connectivity index (χ1n) is 10.3. The smallest absolute Gasteiger partial charge is 0.409 e. The minimum atomic E-state index is -0.125. The zero-order valence-electron chi connectivity index (χ0n) is 16.2. The standard InChI is InChI=1S/C20H32N4O2/c1-3-22-12-8-21-18(22)16-5-9-23(10-6-16)17-13-20(14-17)7-11-24(15-20)19(25)26-4-2/h8,12,16-17H,3-7,9-11,13-15H2,1-2H3. The van der Waals surface area contributed by atoms with Crippen molar-refractivity contribution in [3.05, 3.63) is 18.2 Å². The second-order valence-corrected chi connectivity index (χ2v) is 8.31. The molecule has 0 aromatic carbocycles. The number of hydrogen-bond donors (Lipinski definition) is 0. The number of carbonyl (C=O) groups is 1. The third kappa shape index (κ3) is 3.24. The number of aryl methyl sites for hydroxylation is 1. The Morgan fingerprint density at radius 2 is 2.04 bits per heavy atom. The van der Waals surface area contributed by atoms with E-state index < -0.39 is 0 Å². The van der Waals surface area contributed by atoms with E-state index in [0.717, 1.165) is 26.1 Å². The van der Waals surface area contributed by atoms with E-state index >= 15 is 0 Å². The molecule has 1 aromatic heterocycles. The Hall–Kier alpha value is -1.56. The van der Waals surface area contributed by atoms with Crippen LogP contribution in [-0.4, -0.2) is 64.3 Å². The van der Waals surface area contributed by atoms with Gasteiger partial charge in [-0.3, -0.25) is 0 Å². The first-order chi connectivity index (χ1) is 12.6. The van der Waals surface area contributed by atoms with E-state index in [1.807, 2.05) is 18.0 Å². The SMILES string of the molecule is CCOC(=O)N1CCC2(CC(N3CCC(c4nccn4CC)CC3)C2)C1. The highest BCUT2D eigenvalue weighted by molar-refractivity contribution is 5.68. The minimum absolute atomic E-state index is 0.125. The molecular weight excluding hydrogens is 328 g/mol. The second-order valence-electron chi connectivity index (χ2n) is 8.31. The molecule has 0 radical (unpaired) electrons. The molecule has 1 aromatic rings. The topological polar surface area (TPSA) is 50.6 Å². The predicted octanol–water partition coefficient (Wildman–Crippen LogP) is 3.09. The van der Waals surface area contributed by atoms with Crippen LogP contribution >= 0.6 is 0 Å². The summed E-state index contributed by atoms with van der Waals surface area (Å²) in [5.41, 5.74) is 0.368. The summed E-state index contributed by atoms with van der Waals surface area (Å²) in [6.07, 6.45) is 10.00. The lowest BCUT2D eigenvalue weighted by molar-refractivity contribution is -0.00520. The number of ether oxygens (including phenoxy) is 1. The summed E-state index contributed by atoms with van der Waals surface area (Å²) in [6.45, 7) is 9.68. The number of piperidine rings is 1. The van der Waals surface area contributed by atoms with Crippen LogP contribution in [0.15, 0.2) is 12.4 Å². The van der Waals surface area contributed by atoms with E-state index in [-0.39, 0.29) is 6.09 Å². The highest BCUT2D eigenvalue weighted by atomic mass is 16.6. The van der Waals surface area contributed by atoms with Crippen LogP contribution in [0.3, 0.4) is 0 Å². The summed E-state index contributed by atoms with van der Waals surface area (Å²) in [5, 5.41) is 0. The molecule has 6 nitrogen and oxygen atoms in total. The number of imidazole rings is 1. The van der Waals surface area contributed by atoms with Gasteiger partial charge in [-0.25, -0.2) is 9.78 Å². The number of amides is 1. The molecule has 0 N–H and O–H groups in total. The Kier molecular flexibility index (Phi) is 4.95. The van der Waals surface area contributed by atoms with Gasteiger partial charge in [0.2, 0.25) is 0 Å². The number of likely N-dealkylation sites (tertiary alicyclic amines) is 2. The summed E-state index contributed by atoms with van der Waals surface area (Å²) in [4.78, 5) is 21.2. The van der Waals surface area contributed by atoms with E-state index in [1.54, 1.807) is 0 Å². The van der Waals surface area contributed by atoms with Crippen LogP contribution in [0.2, 0.25) is 0 Å². The number of aromatic nitrogens is 2. The molecule has 4 rings (SSSR count). The molecule has 144 valence electrons. The van der Waals surface area contributed by atoms with E-state index in [0.29, 0.717) is 24.0 Å². The number of rotatable bonds is 4. The lowest BCUT2D eigenvalue weighted by Crippen LogP contribution is -2.54. The lowest BCUT2D eigenvalue weighted by atomic mass is 9.64. The molecule has 0 bridgehead atoms. The van der Waals surface area contributed by atoms with Gasteiger partial charge in [-0.2, -0.15) is 0 Å². The van der Waals surface area contributed by atoms with Crippen LogP contribution in [0, 0.1) is 5.41 Å². The van der Waals surface area contributed by atoms with Gasteiger partial charge in [0.25, 0.3) is 0 Å². The molecule has 3 heterocycles. The van der Waals surface area contributed by atoms with Gasteiger partial charge in [0.15, 0.2) is 0 Å². The maximum atomic E-state index is 11.9. The first-order valence-corrected chi connectivity index (χ1v) is 10.3. The van der Waals surface area contributed by atoms with Crippen molar-refractivity contribution >= 4 is 6.09 Å². The fourth-order valence-electron chi connectivity index (χ4n) is 5.31. The van der Waals surface area contributed by atoms with Crippen molar-refractivity contribution in [3.63, 3.8) is 0 Å². The van der Waals surface area contributed by atoms with Gasteiger partial charge in [-0.1, -0.05) is 0 Å². The zero-order chi connectivity index (χ0) is 18.1. The van der Waals surface area contributed by atoms with Crippen molar-refractivity contribution in [1.82, 2.24) is 19.4 Å². The molecule has 1 aliphatic carbocycles. The van der Waals surface area contributed by atoms with Crippen molar-refractivity contribution in [2.45, 2.75) is 64.5 Å². The van der Waals surface area contributed by atoms with Gasteiger partial charge in [0.05, 0.1) is 6.61 Å². The third-order valence-corrected chi connectivity index (χ3v) is 6.80. The Morgan fingerprint density at radius 1 is 1.27 bits per heavy atom. The molecule has 6 heteroatoms. The molecule has 0 atom stereocenters. The van der Waals surface area contributed by atoms with E-state index in [1.165, 1.54) is 44.6 Å². The predicted molar refractivity (Wildman–Crippen MR) is 100 cm³/mol. The fourth-order valence-corrected chi connectivity index (χ4v) is 5.31. The lowest BCUT2D eigenvalue weighted by Gasteiger charge is -2.51. The highest BCUT2D eigenvalue weighted by Crippen LogP contribution is 2.50. The minimum Gasteiger partial charge on any atom is -0.450 e. The molecule has 2 aliphatic heterocycles. The van der Waals surface area contributed by atoms with Crippen molar-refractivity contribution in [1.29, 1.82) is 0 Å². The van der Waals surface area contributed by atoms with E-state index in [4.69, 9.17) is 4.74 Å². The molecule has 26 heavy (non-hydrogen) atoms. The number of carbonyl (C=O) groups excluding carboxylic acids is 1. The Morgan fingerprint density at radius 3 is 2.73 bits per heavy atom. The van der Waals surface area contributed by atoms with E-state index in [2.05, 4.69) is 27.6 Å². The third-order valence-electron chi connectivity index (χ3n) is 6.80. The van der Waals surface area contributed by atoms with Crippen LogP contribution in [0.25, 0.3) is 0 Å². The van der Waals surface area contributed by atoms with Crippen LogP contribution in [0.4, 0.5) is 4.79 Å². The molecule has 0 unspecified atom stereocenters. The van der Waals surface area contributed by atoms with Crippen LogP contribution in [0.5, 0.6) is 0 Å².